The standard InChI is InChI=1S/C10H11F3O2.C2H6/c1-6(2)4-8(10(11,12)13)5-7(3)9(14)15;1-2/h4-5H,3H2,1-2H3,(H,14,15);1-2H3/b8-5+;. The average molecular weight is 250 g/mol. The van der Waals surface area contributed by atoms with Crippen LogP contribution in [0.4, 0.5) is 13.2 Å². The van der Waals surface area contributed by atoms with Crippen molar-refractivity contribution in [3.63, 3.8) is 0 Å². The van der Waals surface area contributed by atoms with Gasteiger partial charge in [0, 0.05) is 0 Å². The molecular weight excluding hydrogens is 233 g/mol. The molecule has 0 aromatic carbocycles. The van der Waals surface area contributed by atoms with Gasteiger partial charge in [-0.1, -0.05) is 32.1 Å². The van der Waals surface area contributed by atoms with E-state index in [4.69, 9.17) is 5.11 Å². The summed E-state index contributed by atoms with van der Waals surface area (Å²) in [5.74, 6) is -1.47. The van der Waals surface area contributed by atoms with E-state index in [-0.39, 0.29) is 0 Å². The third-order valence-electron chi connectivity index (χ3n) is 1.38. The molecule has 0 atom stereocenters. The van der Waals surface area contributed by atoms with E-state index in [1.54, 1.807) is 0 Å². The predicted octanol–water partition coefficient (Wildman–Crippen LogP) is 4.11. The number of hydrogen-bond donors (Lipinski definition) is 1. The van der Waals surface area contributed by atoms with Crippen LogP contribution in [0.2, 0.25) is 0 Å². The fraction of sp³-hybridized carbons (Fsp3) is 0.417. The molecule has 0 radical (unpaired) electrons. The van der Waals surface area contributed by atoms with E-state index in [2.05, 4.69) is 6.58 Å². The summed E-state index contributed by atoms with van der Waals surface area (Å²) in [5, 5.41) is 8.40. The highest BCUT2D eigenvalue weighted by Gasteiger charge is 2.32. The zero-order chi connectivity index (χ0) is 14.2. The molecule has 0 spiro atoms. The number of carboxylic acids is 1. The van der Waals surface area contributed by atoms with Gasteiger partial charge < -0.3 is 5.11 Å². The van der Waals surface area contributed by atoms with Crippen molar-refractivity contribution < 1.29 is 23.1 Å². The maximum Gasteiger partial charge on any atom is 0.416 e. The van der Waals surface area contributed by atoms with Crippen LogP contribution in [0, 0.1) is 0 Å². The second-order valence-corrected chi connectivity index (χ2v) is 3.15. The fourth-order valence-corrected chi connectivity index (χ4v) is 0.766. The Labute approximate surface area is 99.1 Å². The number of rotatable bonds is 3. The van der Waals surface area contributed by atoms with E-state index in [9.17, 15) is 18.0 Å². The van der Waals surface area contributed by atoms with Gasteiger partial charge in [0.05, 0.1) is 11.1 Å². The summed E-state index contributed by atoms with van der Waals surface area (Å²) in [6, 6.07) is 0. The number of carbonyl (C=O) groups is 1. The summed E-state index contributed by atoms with van der Waals surface area (Å²) in [4.78, 5) is 10.3. The molecule has 0 heterocycles. The Balaban J connectivity index is 0. The fourth-order valence-electron chi connectivity index (χ4n) is 0.766. The first-order valence-corrected chi connectivity index (χ1v) is 5.00. The second-order valence-electron chi connectivity index (χ2n) is 3.15. The molecule has 1 N–H and O–H groups in total. The highest BCUT2D eigenvalue weighted by atomic mass is 19.4. The van der Waals surface area contributed by atoms with Crippen LogP contribution in [0.15, 0.2) is 35.5 Å². The SMILES string of the molecule is C=C(/C=C(\C=C(C)C)C(F)(F)F)C(=O)O.CC. The molecule has 0 bridgehead atoms. The van der Waals surface area contributed by atoms with E-state index in [1.165, 1.54) is 13.8 Å². The molecular formula is C12H17F3O2. The molecule has 0 aromatic heterocycles. The first-order chi connectivity index (χ1) is 7.64. The smallest absolute Gasteiger partial charge is 0.416 e. The molecule has 0 amide bonds. The largest absolute Gasteiger partial charge is 0.478 e. The van der Waals surface area contributed by atoms with Crippen LogP contribution in [0.3, 0.4) is 0 Å². The van der Waals surface area contributed by atoms with Crippen LogP contribution in [-0.2, 0) is 4.79 Å². The highest BCUT2D eigenvalue weighted by Crippen LogP contribution is 2.28. The summed E-state index contributed by atoms with van der Waals surface area (Å²) in [6.07, 6.45) is -3.20. The lowest BCUT2D eigenvalue weighted by Crippen LogP contribution is -2.11. The third-order valence-corrected chi connectivity index (χ3v) is 1.38. The Bertz CT molecular complexity index is 332. The maximum atomic E-state index is 12.4. The lowest BCUT2D eigenvalue weighted by molar-refractivity contribution is -0.132. The molecule has 0 rings (SSSR count). The summed E-state index contributed by atoms with van der Waals surface area (Å²) in [6.45, 7) is 9.99. The van der Waals surface area contributed by atoms with Crippen molar-refractivity contribution >= 4 is 5.97 Å². The van der Waals surface area contributed by atoms with E-state index in [1.807, 2.05) is 13.8 Å². The molecule has 17 heavy (non-hydrogen) atoms. The van der Waals surface area contributed by atoms with Crippen LogP contribution in [0.1, 0.15) is 27.7 Å². The quantitative estimate of drug-likeness (QED) is 0.604. The van der Waals surface area contributed by atoms with Crippen molar-refractivity contribution in [2.24, 2.45) is 0 Å². The minimum Gasteiger partial charge on any atom is -0.478 e. The molecule has 0 saturated carbocycles. The minimum absolute atomic E-state index is 0.428. The summed E-state index contributed by atoms with van der Waals surface area (Å²) >= 11 is 0. The molecule has 0 aromatic rings. The van der Waals surface area contributed by atoms with Gasteiger partial charge in [-0.2, -0.15) is 13.2 Å². The predicted molar refractivity (Wildman–Crippen MR) is 61.7 cm³/mol. The van der Waals surface area contributed by atoms with Crippen molar-refractivity contribution in [1.82, 2.24) is 0 Å². The van der Waals surface area contributed by atoms with E-state index in [0.29, 0.717) is 11.6 Å². The van der Waals surface area contributed by atoms with Gasteiger partial charge in [-0.15, -0.1) is 0 Å². The Morgan fingerprint density at radius 3 is 1.82 bits per heavy atom. The number of carboxylic acid groups (broad SMARTS) is 1. The van der Waals surface area contributed by atoms with Gasteiger partial charge in [0.2, 0.25) is 0 Å². The molecule has 5 heteroatoms. The van der Waals surface area contributed by atoms with Crippen molar-refractivity contribution in [2.75, 3.05) is 0 Å². The molecule has 0 aliphatic heterocycles. The van der Waals surface area contributed by atoms with Crippen molar-refractivity contribution in [2.45, 2.75) is 33.9 Å². The topological polar surface area (TPSA) is 37.3 Å². The zero-order valence-electron chi connectivity index (χ0n) is 10.4. The molecule has 0 fully saturated rings. The van der Waals surface area contributed by atoms with E-state index < -0.39 is 23.3 Å². The maximum absolute atomic E-state index is 12.4. The molecule has 0 aliphatic carbocycles. The van der Waals surface area contributed by atoms with Crippen LogP contribution in [0.25, 0.3) is 0 Å². The number of alkyl halides is 3. The Hall–Kier alpha value is -1.52. The number of halogens is 3. The van der Waals surface area contributed by atoms with Gasteiger partial charge >= 0.3 is 12.1 Å². The molecule has 0 saturated heterocycles. The van der Waals surface area contributed by atoms with E-state index in [0.717, 1.165) is 6.08 Å². The van der Waals surface area contributed by atoms with Gasteiger partial charge in [-0.05, 0) is 19.9 Å². The van der Waals surface area contributed by atoms with Gasteiger partial charge in [-0.25, -0.2) is 4.79 Å². The van der Waals surface area contributed by atoms with Gasteiger partial charge in [-0.3, -0.25) is 0 Å². The zero-order valence-corrected chi connectivity index (χ0v) is 10.4. The monoisotopic (exact) mass is 250 g/mol. The first kappa shape index (κ1) is 17.9. The van der Waals surface area contributed by atoms with Crippen LogP contribution < -0.4 is 0 Å². The lowest BCUT2D eigenvalue weighted by Gasteiger charge is -2.08. The third kappa shape index (κ3) is 8.30. The number of allylic oxidation sites excluding steroid dienone is 3. The second kappa shape index (κ2) is 7.70. The van der Waals surface area contributed by atoms with Gasteiger partial charge in [0.1, 0.15) is 0 Å². The van der Waals surface area contributed by atoms with E-state index >= 15 is 0 Å². The molecule has 0 unspecified atom stereocenters. The summed E-state index contributed by atoms with van der Waals surface area (Å²) in [7, 11) is 0. The lowest BCUT2D eigenvalue weighted by atomic mass is 10.1. The number of hydrogen-bond acceptors (Lipinski definition) is 1. The number of aliphatic carboxylic acids is 1. The van der Waals surface area contributed by atoms with Crippen LogP contribution in [0.5, 0.6) is 0 Å². The van der Waals surface area contributed by atoms with Gasteiger partial charge in [0.25, 0.3) is 0 Å². The van der Waals surface area contributed by atoms with Gasteiger partial charge in [0.15, 0.2) is 0 Å². The normalized spacial score (nSPS) is 11.1. The Kier molecular flexibility index (Phi) is 8.10. The highest BCUT2D eigenvalue weighted by molar-refractivity contribution is 5.89. The van der Waals surface area contributed by atoms with Crippen molar-refractivity contribution in [1.29, 1.82) is 0 Å². The van der Waals surface area contributed by atoms with Crippen molar-refractivity contribution in [3.05, 3.63) is 35.5 Å². The minimum atomic E-state index is -4.57. The van der Waals surface area contributed by atoms with Crippen molar-refractivity contribution in [3.8, 4) is 0 Å². The van der Waals surface area contributed by atoms with Crippen LogP contribution in [-0.4, -0.2) is 17.3 Å². The molecule has 0 aliphatic rings. The Morgan fingerprint density at radius 2 is 1.59 bits per heavy atom. The summed E-state index contributed by atoms with van der Waals surface area (Å²) < 4.78 is 37.1. The average Bonchev–Trinajstić information content (AvgIpc) is 2.17. The summed E-state index contributed by atoms with van der Waals surface area (Å²) in [5.41, 5.74) is -1.19. The molecule has 2 nitrogen and oxygen atoms in total. The Morgan fingerprint density at radius 1 is 1.18 bits per heavy atom. The molecule has 98 valence electrons. The first-order valence-electron chi connectivity index (χ1n) is 5.00. The van der Waals surface area contributed by atoms with Crippen LogP contribution >= 0.6 is 0 Å².